The minimum atomic E-state index is 0.130. The smallest absolute Gasteiger partial charge is 0.124 e. The number of nitrogens with one attached hydrogen (secondary N) is 1. The average molecular weight is 339 g/mol. The zero-order valence-corrected chi connectivity index (χ0v) is 13.8. The van der Waals surface area contributed by atoms with Crippen LogP contribution in [0, 0.1) is 5.41 Å². The molecule has 3 N–H and O–H groups in total. The molecule has 4 nitrogen and oxygen atoms in total. The molecule has 1 aromatic rings. The van der Waals surface area contributed by atoms with Crippen molar-refractivity contribution in [2.24, 2.45) is 5.73 Å². The quantitative estimate of drug-likeness (QED) is 0.655. The van der Waals surface area contributed by atoms with Gasteiger partial charge < -0.3 is 10.6 Å². The molecule has 0 saturated carbocycles. The van der Waals surface area contributed by atoms with Crippen LogP contribution in [0.3, 0.4) is 0 Å². The molecule has 1 fully saturated rings. The molecule has 5 heteroatoms. The van der Waals surface area contributed by atoms with Gasteiger partial charge in [-0.3, -0.25) is 10.3 Å². The van der Waals surface area contributed by atoms with Gasteiger partial charge in [-0.15, -0.1) is 0 Å². The summed E-state index contributed by atoms with van der Waals surface area (Å²) in [6, 6.07) is 6.65. The number of piperazine rings is 1. The lowest BCUT2D eigenvalue weighted by Crippen LogP contribution is -2.49. The van der Waals surface area contributed by atoms with Crippen LogP contribution in [0.5, 0.6) is 0 Å². The summed E-state index contributed by atoms with van der Waals surface area (Å²) in [4.78, 5) is 4.87. The van der Waals surface area contributed by atoms with Crippen molar-refractivity contribution >= 4 is 27.5 Å². The Balaban J connectivity index is 2.13. The predicted molar refractivity (Wildman–Crippen MR) is 88.7 cm³/mol. The fourth-order valence-electron chi connectivity index (χ4n) is 2.66. The molecule has 0 amide bonds. The van der Waals surface area contributed by atoms with Crippen molar-refractivity contribution in [3.63, 3.8) is 0 Å². The molecule has 0 spiro atoms. The fraction of sp³-hybridized carbons (Fsp3) is 0.533. The third-order valence-electron chi connectivity index (χ3n) is 4.12. The Morgan fingerprint density at radius 2 is 2.00 bits per heavy atom. The van der Waals surface area contributed by atoms with Crippen LogP contribution in [0.25, 0.3) is 0 Å². The lowest BCUT2D eigenvalue weighted by Gasteiger charge is -2.39. The number of nitrogen functional groups attached to an aromatic ring is 1. The normalized spacial score (nSPS) is 18.1. The molecule has 1 aliphatic rings. The highest BCUT2D eigenvalue weighted by Crippen LogP contribution is 2.25. The van der Waals surface area contributed by atoms with E-state index in [9.17, 15) is 0 Å². The molecule has 1 aliphatic heterocycles. The molecule has 1 saturated heterocycles. The van der Waals surface area contributed by atoms with Crippen molar-refractivity contribution in [2.75, 3.05) is 31.1 Å². The largest absolute Gasteiger partial charge is 0.384 e. The van der Waals surface area contributed by atoms with E-state index in [0.29, 0.717) is 6.04 Å². The third-order valence-corrected chi connectivity index (χ3v) is 4.61. The molecule has 20 heavy (non-hydrogen) atoms. The van der Waals surface area contributed by atoms with Gasteiger partial charge in [0.1, 0.15) is 5.84 Å². The molecule has 0 aromatic heterocycles. The van der Waals surface area contributed by atoms with E-state index in [2.05, 4.69) is 45.6 Å². The monoisotopic (exact) mass is 338 g/mol. The maximum atomic E-state index is 7.75. The molecule has 1 unspecified atom stereocenters. The van der Waals surface area contributed by atoms with E-state index < -0.39 is 0 Å². The summed E-state index contributed by atoms with van der Waals surface area (Å²) in [5.74, 6) is 0.130. The van der Waals surface area contributed by atoms with Crippen LogP contribution in [-0.2, 0) is 0 Å². The zero-order valence-electron chi connectivity index (χ0n) is 12.2. The summed E-state index contributed by atoms with van der Waals surface area (Å²) in [5, 5.41) is 7.75. The molecule has 1 atom stereocenters. The Hall–Kier alpha value is -1.07. The van der Waals surface area contributed by atoms with E-state index in [1.807, 2.05) is 12.1 Å². The number of hydrogen-bond acceptors (Lipinski definition) is 3. The number of nitrogens with two attached hydrogens (primary N) is 1. The van der Waals surface area contributed by atoms with Gasteiger partial charge in [0.05, 0.1) is 0 Å². The summed E-state index contributed by atoms with van der Waals surface area (Å²) < 4.78 is 0.963. The van der Waals surface area contributed by atoms with Crippen LogP contribution in [0.1, 0.15) is 25.8 Å². The number of halogens is 1. The predicted octanol–water partition coefficient (Wildman–Crippen LogP) is 2.65. The van der Waals surface area contributed by atoms with Crippen molar-refractivity contribution in [1.82, 2.24) is 4.90 Å². The number of anilines is 1. The topological polar surface area (TPSA) is 56.4 Å². The van der Waals surface area contributed by atoms with Crippen molar-refractivity contribution in [2.45, 2.75) is 26.3 Å². The average Bonchev–Trinajstić information content (AvgIpc) is 2.46. The van der Waals surface area contributed by atoms with Crippen LogP contribution < -0.4 is 10.6 Å². The number of nitrogens with zero attached hydrogens (tertiary/aromatic N) is 2. The molecular formula is C15H23BrN4. The maximum absolute atomic E-state index is 7.75. The van der Waals surface area contributed by atoms with Gasteiger partial charge in [-0.2, -0.15) is 0 Å². The lowest BCUT2D eigenvalue weighted by atomic mass is 10.1. The van der Waals surface area contributed by atoms with E-state index in [-0.39, 0.29) is 5.84 Å². The van der Waals surface area contributed by atoms with E-state index in [4.69, 9.17) is 11.1 Å². The van der Waals surface area contributed by atoms with Crippen molar-refractivity contribution in [1.29, 1.82) is 5.41 Å². The minimum Gasteiger partial charge on any atom is -0.384 e. The summed E-state index contributed by atoms with van der Waals surface area (Å²) >= 11 is 3.45. The number of benzene rings is 1. The van der Waals surface area contributed by atoms with Gasteiger partial charge in [0.25, 0.3) is 0 Å². The Bertz CT molecular complexity index is 481. The Morgan fingerprint density at radius 3 is 2.55 bits per heavy atom. The first kappa shape index (κ1) is 15.3. The molecule has 0 aliphatic carbocycles. The molecule has 0 radical (unpaired) electrons. The van der Waals surface area contributed by atoms with Gasteiger partial charge in [-0.1, -0.05) is 22.9 Å². The highest BCUT2D eigenvalue weighted by Gasteiger charge is 2.22. The van der Waals surface area contributed by atoms with Gasteiger partial charge in [0.15, 0.2) is 0 Å². The van der Waals surface area contributed by atoms with Crippen LogP contribution in [0.15, 0.2) is 22.7 Å². The SMILES string of the molecule is CCC(C)N1CCN(c2ccc(Br)cc2C(=N)N)CC1. The fourth-order valence-corrected chi connectivity index (χ4v) is 3.02. The van der Waals surface area contributed by atoms with Crippen molar-refractivity contribution < 1.29 is 0 Å². The standard InChI is InChI=1S/C15H23BrN4/c1-3-11(2)19-6-8-20(9-7-19)14-5-4-12(16)10-13(14)15(17)18/h4-5,10-11H,3,6-9H2,1-2H3,(H3,17,18). The first-order valence-corrected chi connectivity index (χ1v) is 7.95. The molecule has 110 valence electrons. The summed E-state index contributed by atoms with van der Waals surface area (Å²) in [6.45, 7) is 8.65. The highest BCUT2D eigenvalue weighted by atomic mass is 79.9. The van der Waals surface area contributed by atoms with Crippen molar-refractivity contribution in [3.8, 4) is 0 Å². The highest BCUT2D eigenvalue weighted by molar-refractivity contribution is 9.10. The first-order chi connectivity index (χ1) is 9.52. The number of amidine groups is 1. The van der Waals surface area contributed by atoms with Gasteiger partial charge >= 0.3 is 0 Å². The van der Waals surface area contributed by atoms with Crippen LogP contribution in [0.4, 0.5) is 5.69 Å². The number of hydrogen-bond donors (Lipinski definition) is 2. The van der Waals surface area contributed by atoms with Crippen LogP contribution in [0.2, 0.25) is 0 Å². The second kappa shape index (κ2) is 6.59. The summed E-state index contributed by atoms with van der Waals surface area (Å²) in [6.07, 6.45) is 1.19. The van der Waals surface area contributed by atoms with Gasteiger partial charge in [-0.25, -0.2) is 0 Å². The molecular weight excluding hydrogens is 316 g/mol. The first-order valence-electron chi connectivity index (χ1n) is 7.16. The van der Waals surface area contributed by atoms with E-state index in [1.165, 1.54) is 6.42 Å². The molecule has 1 heterocycles. The molecule has 1 aromatic carbocycles. The maximum Gasteiger partial charge on any atom is 0.124 e. The van der Waals surface area contributed by atoms with Gasteiger partial charge in [-0.05, 0) is 31.5 Å². The third kappa shape index (κ3) is 3.33. The summed E-state index contributed by atoms with van der Waals surface area (Å²) in [5.41, 5.74) is 7.60. The van der Waals surface area contributed by atoms with Gasteiger partial charge in [0, 0.05) is 47.9 Å². The molecule has 0 bridgehead atoms. The minimum absolute atomic E-state index is 0.130. The van der Waals surface area contributed by atoms with Gasteiger partial charge in [0.2, 0.25) is 0 Å². The Kier molecular flexibility index (Phi) is 5.05. The second-order valence-electron chi connectivity index (χ2n) is 5.36. The van der Waals surface area contributed by atoms with E-state index >= 15 is 0 Å². The second-order valence-corrected chi connectivity index (χ2v) is 6.27. The Morgan fingerprint density at radius 1 is 1.35 bits per heavy atom. The van der Waals surface area contributed by atoms with Crippen LogP contribution >= 0.6 is 15.9 Å². The van der Waals surface area contributed by atoms with Crippen molar-refractivity contribution in [3.05, 3.63) is 28.2 Å². The molecule has 2 rings (SSSR count). The van der Waals surface area contributed by atoms with E-state index in [0.717, 1.165) is 41.9 Å². The lowest BCUT2D eigenvalue weighted by molar-refractivity contribution is 0.193. The zero-order chi connectivity index (χ0) is 14.7. The van der Waals surface area contributed by atoms with Crippen LogP contribution in [-0.4, -0.2) is 43.0 Å². The summed E-state index contributed by atoms with van der Waals surface area (Å²) in [7, 11) is 0. The number of rotatable bonds is 4. The Labute approximate surface area is 129 Å². The van der Waals surface area contributed by atoms with E-state index in [1.54, 1.807) is 0 Å².